The van der Waals surface area contributed by atoms with Crippen molar-refractivity contribution in [3.63, 3.8) is 0 Å². The van der Waals surface area contributed by atoms with Crippen molar-refractivity contribution in [1.29, 1.82) is 0 Å². The summed E-state index contributed by atoms with van der Waals surface area (Å²) >= 11 is 0. The van der Waals surface area contributed by atoms with Crippen LogP contribution < -0.4 is 5.73 Å². The number of methoxy groups -OCH3 is 1. The molecule has 0 fully saturated rings. The van der Waals surface area contributed by atoms with Crippen LogP contribution in [0.2, 0.25) is 0 Å². The molecule has 0 heterocycles. The first kappa shape index (κ1) is 9.21. The number of benzene rings is 1. The Balaban J connectivity index is 2.30. The van der Waals surface area contributed by atoms with Gasteiger partial charge in [0.15, 0.2) is 0 Å². The summed E-state index contributed by atoms with van der Waals surface area (Å²) in [7, 11) is 1.40. The molecule has 1 aliphatic carbocycles. The number of hydrogen-bond acceptors (Lipinski definition) is 3. The van der Waals surface area contributed by atoms with Gasteiger partial charge in [0.2, 0.25) is 0 Å². The van der Waals surface area contributed by atoms with E-state index in [1.54, 1.807) is 0 Å². The first-order valence-electron chi connectivity index (χ1n) is 4.65. The van der Waals surface area contributed by atoms with Crippen molar-refractivity contribution >= 4 is 5.97 Å². The lowest BCUT2D eigenvalue weighted by molar-refractivity contribution is -0.145. The molecule has 0 spiro atoms. The van der Waals surface area contributed by atoms with E-state index in [0.717, 1.165) is 11.1 Å². The van der Waals surface area contributed by atoms with Crippen molar-refractivity contribution in [3.05, 3.63) is 35.4 Å². The highest BCUT2D eigenvalue weighted by Gasteiger charge is 2.35. The molecule has 0 bridgehead atoms. The van der Waals surface area contributed by atoms with Crippen LogP contribution in [0, 0.1) is 5.92 Å². The first-order chi connectivity index (χ1) is 6.74. The molecule has 3 heteroatoms. The van der Waals surface area contributed by atoms with Crippen LogP contribution in [-0.2, 0) is 16.0 Å². The van der Waals surface area contributed by atoms with E-state index >= 15 is 0 Å². The summed E-state index contributed by atoms with van der Waals surface area (Å²) in [6, 6.07) is 7.68. The van der Waals surface area contributed by atoms with E-state index in [1.807, 2.05) is 24.3 Å². The zero-order valence-electron chi connectivity index (χ0n) is 8.07. The van der Waals surface area contributed by atoms with Gasteiger partial charge in [-0.15, -0.1) is 0 Å². The lowest BCUT2D eigenvalue weighted by atomic mass is 10.0. The average molecular weight is 191 g/mol. The third kappa shape index (κ3) is 1.30. The maximum Gasteiger partial charge on any atom is 0.310 e. The molecule has 74 valence electrons. The Labute approximate surface area is 82.9 Å². The molecule has 14 heavy (non-hydrogen) atoms. The van der Waals surface area contributed by atoms with Crippen LogP contribution in [0.25, 0.3) is 0 Å². The maximum atomic E-state index is 11.4. The van der Waals surface area contributed by atoms with E-state index < -0.39 is 0 Å². The van der Waals surface area contributed by atoms with E-state index in [-0.39, 0.29) is 17.9 Å². The van der Waals surface area contributed by atoms with Gasteiger partial charge in [-0.25, -0.2) is 0 Å². The predicted octanol–water partition coefficient (Wildman–Crippen LogP) is 1.03. The Bertz CT molecular complexity index is 362. The minimum atomic E-state index is -0.214. The van der Waals surface area contributed by atoms with E-state index in [2.05, 4.69) is 0 Å². The molecule has 0 radical (unpaired) electrons. The summed E-state index contributed by atoms with van der Waals surface area (Å²) < 4.78 is 4.72. The van der Waals surface area contributed by atoms with E-state index in [0.29, 0.717) is 6.42 Å². The summed E-state index contributed by atoms with van der Waals surface area (Å²) in [5.74, 6) is -0.425. The molecule has 0 saturated carbocycles. The molecule has 2 rings (SSSR count). The first-order valence-corrected chi connectivity index (χ1v) is 4.65. The number of esters is 1. The molecule has 0 amide bonds. The summed E-state index contributed by atoms with van der Waals surface area (Å²) in [5, 5.41) is 0. The molecule has 0 aromatic heterocycles. The van der Waals surface area contributed by atoms with Crippen molar-refractivity contribution in [2.24, 2.45) is 11.7 Å². The van der Waals surface area contributed by atoms with Gasteiger partial charge in [0.1, 0.15) is 0 Å². The van der Waals surface area contributed by atoms with Crippen molar-refractivity contribution in [2.75, 3.05) is 7.11 Å². The molecule has 1 aromatic carbocycles. The molecular formula is C11H13NO2. The van der Waals surface area contributed by atoms with Gasteiger partial charge in [0.25, 0.3) is 0 Å². The molecule has 2 atom stereocenters. The number of hydrogen-bond donors (Lipinski definition) is 1. The van der Waals surface area contributed by atoms with E-state index in [9.17, 15) is 4.79 Å². The predicted molar refractivity (Wildman–Crippen MR) is 52.6 cm³/mol. The fourth-order valence-electron chi connectivity index (χ4n) is 2.01. The van der Waals surface area contributed by atoms with Gasteiger partial charge in [-0.1, -0.05) is 24.3 Å². The second-order valence-electron chi connectivity index (χ2n) is 3.56. The molecule has 0 aliphatic heterocycles. The van der Waals surface area contributed by atoms with Crippen LogP contribution >= 0.6 is 0 Å². The molecular weight excluding hydrogens is 178 g/mol. The fourth-order valence-corrected chi connectivity index (χ4v) is 2.01. The molecule has 2 N–H and O–H groups in total. The van der Waals surface area contributed by atoms with Gasteiger partial charge in [0.05, 0.1) is 13.0 Å². The normalized spacial score (nSPS) is 24.4. The Morgan fingerprint density at radius 3 is 2.86 bits per heavy atom. The second-order valence-corrected chi connectivity index (χ2v) is 3.56. The quantitative estimate of drug-likeness (QED) is 0.674. The van der Waals surface area contributed by atoms with Gasteiger partial charge in [-0.2, -0.15) is 0 Å². The van der Waals surface area contributed by atoms with Crippen LogP contribution in [-0.4, -0.2) is 13.1 Å². The highest BCUT2D eigenvalue weighted by molar-refractivity contribution is 5.75. The van der Waals surface area contributed by atoms with Gasteiger partial charge in [0, 0.05) is 6.04 Å². The summed E-state index contributed by atoms with van der Waals surface area (Å²) in [4.78, 5) is 11.4. The third-order valence-corrected chi connectivity index (χ3v) is 2.79. The van der Waals surface area contributed by atoms with Crippen molar-refractivity contribution < 1.29 is 9.53 Å². The van der Waals surface area contributed by atoms with Crippen molar-refractivity contribution in [2.45, 2.75) is 12.5 Å². The Hall–Kier alpha value is -1.35. The summed E-state index contributed by atoms with van der Waals surface area (Å²) in [6.07, 6.45) is 0.698. The van der Waals surface area contributed by atoms with Crippen LogP contribution in [0.15, 0.2) is 24.3 Å². The largest absolute Gasteiger partial charge is 0.469 e. The smallest absolute Gasteiger partial charge is 0.310 e. The van der Waals surface area contributed by atoms with Gasteiger partial charge in [-0.3, -0.25) is 4.79 Å². The lowest BCUT2D eigenvalue weighted by Crippen LogP contribution is -2.25. The van der Waals surface area contributed by atoms with Crippen LogP contribution in [0.5, 0.6) is 0 Å². The molecule has 0 unspecified atom stereocenters. The van der Waals surface area contributed by atoms with Crippen LogP contribution in [0.1, 0.15) is 17.2 Å². The number of ether oxygens (including phenoxy) is 1. The molecule has 3 nitrogen and oxygen atoms in total. The van der Waals surface area contributed by atoms with Gasteiger partial charge < -0.3 is 10.5 Å². The summed E-state index contributed by atoms with van der Waals surface area (Å²) in [5.41, 5.74) is 8.20. The van der Waals surface area contributed by atoms with Crippen LogP contribution in [0.4, 0.5) is 0 Å². The van der Waals surface area contributed by atoms with E-state index in [4.69, 9.17) is 10.5 Å². The second kappa shape index (κ2) is 3.42. The zero-order valence-corrected chi connectivity index (χ0v) is 8.07. The Morgan fingerprint density at radius 1 is 1.50 bits per heavy atom. The van der Waals surface area contributed by atoms with Crippen molar-refractivity contribution in [1.82, 2.24) is 0 Å². The van der Waals surface area contributed by atoms with E-state index in [1.165, 1.54) is 7.11 Å². The Morgan fingerprint density at radius 2 is 2.21 bits per heavy atom. The maximum absolute atomic E-state index is 11.4. The number of nitrogens with two attached hydrogens (primary N) is 1. The highest BCUT2D eigenvalue weighted by atomic mass is 16.5. The number of rotatable bonds is 1. The lowest BCUT2D eigenvalue weighted by Gasteiger charge is -2.12. The Kier molecular flexibility index (Phi) is 2.25. The van der Waals surface area contributed by atoms with Gasteiger partial charge >= 0.3 is 5.97 Å². The fraction of sp³-hybridized carbons (Fsp3) is 0.364. The minimum Gasteiger partial charge on any atom is -0.469 e. The van der Waals surface area contributed by atoms with Gasteiger partial charge in [-0.05, 0) is 17.5 Å². The molecule has 0 saturated heterocycles. The number of carbonyl (C=O) groups is 1. The number of carbonyl (C=O) groups excluding carboxylic acids is 1. The summed E-state index contributed by atoms with van der Waals surface area (Å²) in [6.45, 7) is 0. The molecule has 1 aromatic rings. The SMILES string of the molecule is COC(=O)[C@H]1Cc2ccccc2[C@H]1N. The minimum absolute atomic E-state index is 0.210. The molecule has 1 aliphatic rings. The number of fused-ring (bicyclic) bond motifs is 1. The van der Waals surface area contributed by atoms with Crippen LogP contribution in [0.3, 0.4) is 0 Å². The van der Waals surface area contributed by atoms with Crippen molar-refractivity contribution in [3.8, 4) is 0 Å². The standard InChI is InChI=1S/C11H13NO2/c1-14-11(13)9-6-7-4-2-3-5-8(7)10(9)12/h2-5,9-10H,6,12H2,1H3/t9-,10+/m0/s1. The zero-order chi connectivity index (χ0) is 10.1. The highest BCUT2D eigenvalue weighted by Crippen LogP contribution is 2.34. The third-order valence-electron chi connectivity index (χ3n) is 2.79. The monoisotopic (exact) mass is 191 g/mol. The average Bonchev–Trinajstić information content (AvgIpc) is 2.56. The topological polar surface area (TPSA) is 52.3 Å².